The summed E-state index contributed by atoms with van der Waals surface area (Å²) in [4.78, 5) is 9.17. The first-order valence-electron chi connectivity index (χ1n) is 16.8. The molecular weight excluding hydrogens is 568 g/mol. The number of allylic oxidation sites excluding steroid dienone is 2. The van der Waals surface area contributed by atoms with Crippen LogP contribution < -0.4 is 4.72 Å². The van der Waals surface area contributed by atoms with Gasteiger partial charge in [0.1, 0.15) is 6.23 Å². The highest BCUT2D eigenvalue weighted by molar-refractivity contribution is 7.90. The summed E-state index contributed by atoms with van der Waals surface area (Å²) in [7, 11) is -3.56. The summed E-state index contributed by atoms with van der Waals surface area (Å²) in [6.07, 6.45) is 13.2. The van der Waals surface area contributed by atoms with Crippen LogP contribution >= 0.6 is 11.6 Å². The Hall–Kier alpha value is -0.510. The van der Waals surface area contributed by atoms with E-state index in [4.69, 9.17) is 11.6 Å². The molecule has 1 aliphatic rings. The van der Waals surface area contributed by atoms with Gasteiger partial charge in [-0.2, -0.15) is 0 Å². The third-order valence-corrected chi connectivity index (χ3v) is 11.5. The van der Waals surface area contributed by atoms with Crippen LogP contribution in [-0.4, -0.2) is 91.7 Å². The third-order valence-electron chi connectivity index (χ3n) is 9.17. The summed E-state index contributed by atoms with van der Waals surface area (Å²) in [5.41, 5.74) is 0. The van der Waals surface area contributed by atoms with E-state index in [1.54, 1.807) is 6.21 Å². The van der Waals surface area contributed by atoms with Gasteiger partial charge in [-0.3, -0.25) is 9.89 Å². The first kappa shape index (κ1) is 39.5. The molecule has 1 aliphatic heterocycles. The van der Waals surface area contributed by atoms with Gasteiger partial charge in [0.05, 0.1) is 11.8 Å². The maximum atomic E-state index is 13.5. The molecule has 7 nitrogen and oxygen atoms in total. The van der Waals surface area contributed by atoms with Crippen LogP contribution in [0.2, 0.25) is 0 Å². The maximum Gasteiger partial charge on any atom is 0.216 e. The number of alkyl halides is 1. The lowest BCUT2D eigenvalue weighted by Crippen LogP contribution is -2.53. The van der Waals surface area contributed by atoms with Crippen molar-refractivity contribution in [1.29, 1.82) is 0 Å². The Kier molecular flexibility index (Phi) is 20.0. The van der Waals surface area contributed by atoms with Gasteiger partial charge in [-0.15, -0.1) is 11.6 Å². The van der Waals surface area contributed by atoms with E-state index in [-0.39, 0.29) is 35.7 Å². The second-order valence-electron chi connectivity index (χ2n) is 13.0. The fourth-order valence-corrected chi connectivity index (χ4v) is 8.18. The summed E-state index contributed by atoms with van der Waals surface area (Å²) < 4.78 is 30.0. The van der Waals surface area contributed by atoms with Gasteiger partial charge in [-0.1, -0.05) is 66.9 Å². The van der Waals surface area contributed by atoms with Crippen molar-refractivity contribution in [3.05, 3.63) is 12.2 Å². The SMILES string of the molecule is CC/C=C\C=N/CC(C(C)CCC)S(=O)(=O)NC(C)C(C)CC(C)C(O)N1CCN(CC(CC)CCCC(C)Cl)CC1. The van der Waals surface area contributed by atoms with Crippen molar-refractivity contribution in [3.63, 3.8) is 0 Å². The molecule has 0 aliphatic carbocycles. The fraction of sp³-hybridized carbons (Fsp3) is 0.909. The Labute approximate surface area is 265 Å². The van der Waals surface area contributed by atoms with Gasteiger partial charge in [-0.05, 0) is 75.7 Å². The lowest BCUT2D eigenvalue weighted by Gasteiger charge is -2.40. The molecule has 0 radical (unpaired) electrons. The predicted molar refractivity (Wildman–Crippen MR) is 182 cm³/mol. The number of piperazine rings is 1. The second kappa shape index (κ2) is 21.3. The molecule has 0 aromatic carbocycles. The van der Waals surface area contributed by atoms with Crippen LogP contribution in [0.3, 0.4) is 0 Å². The van der Waals surface area contributed by atoms with Crippen LogP contribution in [-0.2, 0) is 10.0 Å². The van der Waals surface area contributed by atoms with Crippen molar-refractivity contribution in [2.24, 2.45) is 28.7 Å². The van der Waals surface area contributed by atoms with Crippen LogP contribution in [0.25, 0.3) is 0 Å². The molecule has 0 aromatic heterocycles. The highest BCUT2D eigenvalue weighted by atomic mass is 35.5. The summed E-state index contributed by atoms with van der Waals surface area (Å²) in [5.74, 6) is 0.855. The van der Waals surface area contributed by atoms with Crippen molar-refractivity contribution in [2.45, 2.75) is 130 Å². The average molecular weight is 633 g/mol. The van der Waals surface area contributed by atoms with Gasteiger partial charge < -0.3 is 10.0 Å². The van der Waals surface area contributed by atoms with E-state index in [0.29, 0.717) is 5.92 Å². The number of hydrogen-bond donors (Lipinski definition) is 2. The van der Waals surface area contributed by atoms with Gasteiger partial charge >= 0.3 is 0 Å². The van der Waals surface area contributed by atoms with Crippen LogP contribution in [0.1, 0.15) is 107 Å². The van der Waals surface area contributed by atoms with E-state index in [9.17, 15) is 13.5 Å². The molecule has 248 valence electrons. The Morgan fingerprint density at radius 1 is 0.952 bits per heavy atom. The summed E-state index contributed by atoms with van der Waals surface area (Å²) in [6.45, 7) is 21.7. The molecule has 8 unspecified atom stereocenters. The molecule has 0 spiro atoms. The predicted octanol–water partition coefficient (Wildman–Crippen LogP) is 6.56. The van der Waals surface area contributed by atoms with Crippen molar-refractivity contribution >= 4 is 27.8 Å². The number of nitrogens with zero attached hydrogens (tertiary/aromatic N) is 3. The summed E-state index contributed by atoms with van der Waals surface area (Å²) in [6, 6.07) is -0.227. The molecule has 1 rings (SSSR count). The van der Waals surface area contributed by atoms with Gasteiger partial charge in [0.2, 0.25) is 10.0 Å². The number of nitrogens with one attached hydrogen (secondary N) is 1. The molecule has 1 heterocycles. The minimum atomic E-state index is -3.56. The average Bonchev–Trinajstić information content (AvgIpc) is 2.93. The van der Waals surface area contributed by atoms with Crippen LogP contribution in [0.15, 0.2) is 17.1 Å². The number of halogens is 1. The van der Waals surface area contributed by atoms with Crippen LogP contribution in [0.5, 0.6) is 0 Å². The van der Waals surface area contributed by atoms with Crippen molar-refractivity contribution < 1.29 is 13.5 Å². The van der Waals surface area contributed by atoms with Gasteiger partial charge in [0.25, 0.3) is 0 Å². The van der Waals surface area contributed by atoms with Gasteiger partial charge in [0, 0.05) is 50.4 Å². The molecule has 1 fully saturated rings. The van der Waals surface area contributed by atoms with Gasteiger partial charge in [0.15, 0.2) is 0 Å². The maximum absolute atomic E-state index is 13.5. The molecule has 0 saturated carbocycles. The van der Waals surface area contributed by atoms with Crippen molar-refractivity contribution in [1.82, 2.24) is 14.5 Å². The topological polar surface area (TPSA) is 85.2 Å². The molecule has 0 aromatic rings. The highest BCUT2D eigenvalue weighted by Crippen LogP contribution is 2.25. The minimum Gasteiger partial charge on any atom is -0.378 e. The molecule has 2 N–H and O–H groups in total. The normalized spacial score (nSPS) is 21.8. The van der Waals surface area contributed by atoms with E-state index >= 15 is 0 Å². The monoisotopic (exact) mass is 632 g/mol. The summed E-state index contributed by atoms with van der Waals surface area (Å²) >= 11 is 6.13. The first-order valence-corrected chi connectivity index (χ1v) is 18.8. The number of aliphatic hydroxyl groups excluding tert-OH is 1. The zero-order valence-electron chi connectivity index (χ0n) is 28.1. The number of aliphatic imine (C=N–C) groups is 1. The molecule has 1 saturated heterocycles. The Balaban J connectivity index is 2.64. The number of hydrogen-bond acceptors (Lipinski definition) is 6. The molecule has 9 heteroatoms. The Bertz CT molecular complexity index is 861. The molecule has 8 atom stereocenters. The molecule has 42 heavy (non-hydrogen) atoms. The summed E-state index contributed by atoms with van der Waals surface area (Å²) in [5, 5.41) is 10.9. The smallest absolute Gasteiger partial charge is 0.216 e. The molecular formula is C33H65ClN4O3S. The lowest BCUT2D eigenvalue weighted by atomic mass is 9.91. The standard InChI is InChI=1S/C33H65ClN4O3S/c1-9-12-13-18-35-24-32(26(4)15-10-2)42(40,41)36-30(8)27(5)23-28(6)33(39)38-21-19-37(20-22-38)25-31(11-3)17-14-16-29(7)34/h12-13,18,26-33,36,39H,9-11,14-17,19-25H2,1-8H3/b13-12-,35-18-. The van der Waals surface area contributed by atoms with Gasteiger partial charge in [-0.25, -0.2) is 13.1 Å². The van der Waals surface area contributed by atoms with E-state index in [1.165, 1.54) is 19.3 Å². The number of rotatable bonds is 22. The van der Waals surface area contributed by atoms with E-state index in [2.05, 4.69) is 61.1 Å². The quantitative estimate of drug-likeness (QED) is 0.104. The zero-order valence-corrected chi connectivity index (χ0v) is 29.7. The van der Waals surface area contributed by atoms with E-state index in [0.717, 1.165) is 64.8 Å². The third kappa shape index (κ3) is 15.0. The van der Waals surface area contributed by atoms with Crippen molar-refractivity contribution in [2.75, 3.05) is 39.3 Å². The number of sulfonamides is 1. The highest BCUT2D eigenvalue weighted by Gasteiger charge is 2.34. The fourth-order valence-electron chi connectivity index (χ4n) is 6.07. The first-order chi connectivity index (χ1) is 19.9. The second-order valence-corrected chi connectivity index (χ2v) is 15.7. The Morgan fingerprint density at radius 3 is 2.19 bits per heavy atom. The van der Waals surface area contributed by atoms with Crippen LogP contribution in [0, 0.1) is 23.7 Å². The van der Waals surface area contributed by atoms with Crippen molar-refractivity contribution in [3.8, 4) is 0 Å². The number of aliphatic hydroxyl groups is 1. The van der Waals surface area contributed by atoms with E-state index in [1.807, 2.05) is 26.0 Å². The lowest BCUT2D eigenvalue weighted by molar-refractivity contribution is -0.0634. The molecule has 0 amide bonds. The Morgan fingerprint density at radius 2 is 1.62 bits per heavy atom. The van der Waals surface area contributed by atoms with E-state index < -0.39 is 21.5 Å². The largest absolute Gasteiger partial charge is 0.378 e. The zero-order chi connectivity index (χ0) is 31.7. The van der Waals surface area contributed by atoms with Crippen LogP contribution in [0.4, 0.5) is 0 Å². The molecule has 0 bridgehead atoms. The minimum absolute atomic E-state index is 0.0173.